The summed E-state index contributed by atoms with van der Waals surface area (Å²) in [5.74, 6) is 1.82. The van der Waals surface area contributed by atoms with E-state index >= 15 is 0 Å². The van der Waals surface area contributed by atoms with Crippen molar-refractivity contribution in [2.45, 2.75) is 36.7 Å². The van der Waals surface area contributed by atoms with Crippen molar-refractivity contribution in [3.63, 3.8) is 0 Å². The Morgan fingerprint density at radius 3 is 2.76 bits per heavy atom. The average molecular weight is 480 g/mol. The molecule has 1 fully saturated rings. The zero-order valence-corrected chi connectivity index (χ0v) is 20.1. The van der Waals surface area contributed by atoms with Gasteiger partial charge in [-0.2, -0.15) is 0 Å². The van der Waals surface area contributed by atoms with Crippen LogP contribution in [0.3, 0.4) is 0 Å². The second-order valence-electron chi connectivity index (χ2n) is 8.36. The zero-order chi connectivity index (χ0) is 22.8. The van der Waals surface area contributed by atoms with Gasteiger partial charge in [0.2, 0.25) is 11.8 Å². The Labute approximate surface area is 203 Å². The average Bonchev–Trinajstić information content (AvgIpc) is 3.48. The fourth-order valence-corrected chi connectivity index (χ4v) is 6.05. The molecule has 2 aliphatic rings. The first-order valence-corrected chi connectivity index (χ1v) is 12.6. The molecular formula is C26H26ClN3O2S. The van der Waals surface area contributed by atoms with E-state index in [1.807, 2.05) is 36.0 Å². The highest BCUT2D eigenvalue weighted by molar-refractivity contribution is 7.99. The molecule has 7 heteroatoms. The van der Waals surface area contributed by atoms with Gasteiger partial charge < -0.3 is 15.4 Å². The predicted octanol–water partition coefficient (Wildman–Crippen LogP) is 5.09. The van der Waals surface area contributed by atoms with Crippen molar-refractivity contribution in [2.24, 2.45) is 0 Å². The maximum atomic E-state index is 11.4. The smallest absolute Gasteiger partial charge is 0.220 e. The summed E-state index contributed by atoms with van der Waals surface area (Å²) in [7, 11) is 1.63. The molecule has 1 unspecified atom stereocenters. The number of aryl methyl sites for hydroxylation is 1. The van der Waals surface area contributed by atoms with Crippen molar-refractivity contribution in [1.29, 1.82) is 0 Å². The molecule has 1 saturated heterocycles. The van der Waals surface area contributed by atoms with Crippen LogP contribution >= 0.6 is 23.4 Å². The summed E-state index contributed by atoms with van der Waals surface area (Å²) in [4.78, 5) is 17.5. The summed E-state index contributed by atoms with van der Waals surface area (Å²) < 4.78 is 5.60. The number of pyridine rings is 1. The molecule has 170 valence electrons. The molecule has 1 amide bonds. The van der Waals surface area contributed by atoms with Crippen LogP contribution in [0.1, 0.15) is 24.0 Å². The number of carbonyl (C=O) groups excluding carboxylic acids is 1. The lowest BCUT2D eigenvalue weighted by Gasteiger charge is -2.15. The SMILES string of the molecule is COc1nc(-c2cccc(-c3cccc4c3SCC4)c2Cl)ccc1CNCC1CCC(=O)N1. The lowest BCUT2D eigenvalue weighted by atomic mass is 9.98. The monoisotopic (exact) mass is 479 g/mol. The molecule has 1 aromatic heterocycles. The Balaban J connectivity index is 1.39. The highest BCUT2D eigenvalue weighted by atomic mass is 35.5. The second-order valence-corrected chi connectivity index (χ2v) is 9.84. The number of nitrogens with one attached hydrogen (secondary N) is 2. The number of halogens is 1. The summed E-state index contributed by atoms with van der Waals surface area (Å²) in [5, 5.41) is 7.08. The molecule has 0 radical (unpaired) electrons. The van der Waals surface area contributed by atoms with Crippen LogP contribution in [-0.2, 0) is 17.8 Å². The fourth-order valence-electron chi connectivity index (χ4n) is 4.51. The number of ether oxygens (including phenoxy) is 1. The highest BCUT2D eigenvalue weighted by Crippen LogP contribution is 2.44. The molecule has 2 aromatic carbocycles. The van der Waals surface area contributed by atoms with Gasteiger partial charge in [-0.15, -0.1) is 11.8 Å². The third-order valence-electron chi connectivity index (χ3n) is 6.20. The normalized spacial score (nSPS) is 17.2. The Hall–Kier alpha value is -2.54. The first kappa shape index (κ1) is 22.3. The molecule has 5 rings (SSSR count). The maximum Gasteiger partial charge on any atom is 0.220 e. The number of aromatic nitrogens is 1. The maximum absolute atomic E-state index is 11.4. The van der Waals surface area contributed by atoms with E-state index in [0.29, 0.717) is 23.9 Å². The quantitative estimate of drug-likeness (QED) is 0.494. The minimum atomic E-state index is 0.128. The minimum Gasteiger partial charge on any atom is -0.481 e. The zero-order valence-electron chi connectivity index (χ0n) is 18.5. The van der Waals surface area contributed by atoms with Gasteiger partial charge in [0.25, 0.3) is 0 Å². The molecule has 3 aromatic rings. The molecular weight excluding hydrogens is 454 g/mol. The standard InChI is InChI=1S/C26H26ClN3O2S/c1-32-26-17(14-28-15-18-9-11-23(31)29-18)8-10-22(30-26)21-7-3-5-19(24(21)27)20-6-2-4-16-12-13-33-25(16)20/h2-8,10,18,28H,9,11-15H2,1H3,(H,29,31). The number of amides is 1. The van der Waals surface area contributed by atoms with Gasteiger partial charge in [-0.05, 0) is 30.0 Å². The summed E-state index contributed by atoms with van der Waals surface area (Å²) in [6.07, 6.45) is 2.58. The van der Waals surface area contributed by atoms with Gasteiger partial charge >= 0.3 is 0 Å². The van der Waals surface area contributed by atoms with Crippen LogP contribution in [0.15, 0.2) is 53.4 Å². The molecule has 0 spiro atoms. The van der Waals surface area contributed by atoms with E-state index in [0.717, 1.165) is 47.5 Å². The van der Waals surface area contributed by atoms with Gasteiger partial charge in [0, 0.05) is 52.9 Å². The van der Waals surface area contributed by atoms with Crippen LogP contribution in [0.2, 0.25) is 5.02 Å². The number of hydrogen-bond acceptors (Lipinski definition) is 5. The van der Waals surface area contributed by atoms with E-state index in [9.17, 15) is 4.79 Å². The first-order chi connectivity index (χ1) is 16.1. The highest BCUT2D eigenvalue weighted by Gasteiger charge is 2.21. The number of nitrogens with zero attached hydrogens (tertiary/aromatic N) is 1. The Morgan fingerprint density at radius 2 is 1.94 bits per heavy atom. The lowest BCUT2D eigenvalue weighted by molar-refractivity contribution is -0.119. The van der Waals surface area contributed by atoms with Gasteiger partial charge in [-0.1, -0.05) is 54.1 Å². The molecule has 33 heavy (non-hydrogen) atoms. The van der Waals surface area contributed by atoms with E-state index < -0.39 is 0 Å². The van der Waals surface area contributed by atoms with E-state index in [-0.39, 0.29) is 11.9 Å². The molecule has 0 saturated carbocycles. The van der Waals surface area contributed by atoms with Crippen molar-refractivity contribution in [2.75, 3.05) is 19.4 Å². The molecule has 2 N–H and O–H groups in total. The number of rotatable bonds is 7. The van der Waals surface area contributed by atoms with Crippen LogP contribution < -0.4 is 15.4 Å². The van der Waals surface area contributed by atoms with Gasteiger partial charge in [0.05, 0.1) is 17.8 Å². The van der Waals surface area contributed by atoms with E-state index in [1.165, 1.54) is 16.0 Å². The number of thioether (sulfide) groups is 1. The number of carbonyl (C=O) groups is 1. The van der Waals surface area contributed by atoms with Crippen LogP contribution in [-0.4, -0.2) is 36.3 Å². The lowest BCUT2D eigenvalue weighted by Crippen LogP contribution is -2.35. The van der Waals surface area contributed by atoms with Crippen LogP contribution in [0.4, 0.5) is 0 Å². The molecule has 2 aliphatic heterocycles. The van der Waals surface area contributed by atoms with Crippen molar-refractivity contribution < 1.29 is 9.53 Å². The summed E-state index contributed by atoms with van der Waals surface area (Å²) in [6.45, 7) is 1.34. The van der Waals surface area contributed by atoms with Crippen molar-refractivity contribution in [1.82, 2.24) is 15.6 Å². The van der Waals surface area contributed by atoms with E-state index in [4.69, 9.17) is 21.3 Å². The number of fused-ring (bicyclic) bond motifs is 1. The number of hydrogen-bond donors (Lipinski definition) is 2. The molecule has 0 bridgehead atoms. The van der Waals surface area contributed by atoms with Crippen molar-refractivity contribution in [3.8, 4) is 28.3 Å². The largest absolute Gasteiger partial charge is 0.481 e. The van der Waals surface area contributed by atoms with Crippen LogP contribution in [0.5, 0.6) is 5.88 Å². The van der Waals surface area contributed by atoms with Crippen LogP contribution in [0.25, 0.3) is 22.4 Å². The number of benzene rings is 2. The molecule has 0 aliphatic carbocycles. The Kier molecular flexibility index (Phi) is 6.58. The topological polar surface area (TPSA) is 63.2 Å². The van der Waals surface area contributed by atoms with Gasteiger partial charge in [0.1, 0.15) is 0 Å². The Bertz CT molecular complexity index is 1200. The van der Waals surface area contributed by atoms with Crippen LogP contribution in [0, 0.1) is 0 Å². The summed E-state index contributed by atoms with van der Waals surface area (Å²) in [6, 6.07) is 16.8. The van der Waals surface area contributed by atoms with E-state index in [1.54, 1.807) is 7.11 Å². The van der Waals surface area contributed by atoms with E-state index in [2.05, 4.69) is 34.9 Å². The number of methoxy groups -OCH3 is 1. The third-order valence-corrected chi connectivity index (χ3v) is 7.79. The molecule has 5 nitrogen and oxygen atoms in total. The molecule has 1 atom stereocenters. The Morgan fingerprint density at radius 1 is 1.12 bits per heavy atom. The predicted molar refractivity (Wildman–Crippen MR) is 134 cm³/mol. The summed E-state index contributed by atoms with van der Waals surface area (Å²) >= 11 is 8.85. The second kappa shape index (κ2) is 9.75. The van der Waals surface area contributed by atoms with Gasteiger partial charge in [0.15, 0.2) is 0 Å². The van der Waals surface area contributed by atoms with Crippen molar-refractivity contribution >= 4 is 29.3 Å². The third kappa shape index (κ3) is 4.60. The first-order valence-electron chi connectivity index (χ1n) is 11.2. The fraction of sp³-hybridized carbons (Fsp3) is 0.308. The molecule has 3 heterocycles. The van der Waals surface area contributed by atoms with Crippen molar-refractivity contribution in [3.05, 3.63) is 64.7 Å². The summed E-state index contributed by atoms with van der Waals surface area (Å²) in [5.41, 5.74) is 6.26. The minimum absolute atomic E-state index is 0.128. The van der Waals surface area contributed by atoms with Gasteiger partial charge in [-0.3, -0.25) is 4.79 Å². The van der Waals surface area contributed by atoms with Gasteiger partial charge in [-0.25, -0.2) is 4.98 Å².